The summed E-state index contributed by atoms with van der Waals surface area (Å²) in [5, 5.41) is 9.97. The summed E-state index contributed by atoms with van der Waals surface area (Å²) in [5.74, 6) is 0.259. The molecule has 0 spiro atoms. The predicted octanol–water partition coefficient (Wildman–Crippen LogP) is 0.762. The van der Waals surface area contributed by atoms with Crippen molar-refractivity contribution in [3.63, 3.8) is 0 Å². The number of sulfonamides is 1. The highest BCUT2D eigenvalue weighted by Gasteiger charge is 2.17. The third kappa shape index (κ3) is 3.06. The number of hydrogen-bond acceptors (Lipinski definition) is 7. The Morgan fingerprint density at radius 3 is 2.63 bits per heavy atom. The van der Waals surface area contributed by atoms with Gasteiger partial charge in [-0.2, -0.15) is 5.10 Å². The molecule has 8 nitrogen and oxygen atoms in total. The van der Waals surface area contributed by atoms with Crippen molar-refractivity contribution >= 4 is 33.4 Å². The zero-order chi connectivity index (χ0) is 13.9. The van der Waals surface area contributed by atoms with Crippen molar-refractivity contribution in [3.05, 3.63) is 29.7 Å². The first-order valence-electron chi connectivity index (χ1n) is 5.03. The van der Waals surface area contributed by atoms with Gasteiger partial charge in [0.2, 0.25) is 0 Å². The van der Waals surface area contributed by atoms with E-state index >= 15 is 0 Å². The Morgan fingerprint density at radius 2 is 2.05 bits per heavy atom. The van der Waals surface area contributed by atoms with Crippen LogP contribution in [0.1, 0.15) is 0 Å². The Kier molecular flexibility index (Phi) is 3.76. The number of anilines is 2. The first-order chi connectivity index (χ1) is 9.03. The summed E-state index contributed by atoms with van der Waals surface area (Å²) in [4.78, 5) is 7.51. The zero-order valence-corrected chi connectivity index (χ0v) is 11.3. The molecule has 0 fully saturated rings. The number of nitrogens with one attached hydrogen (secondary N) is 2. The molecule has 0 unspecified atom stereocenters. The maximum Gasteiger partial charge on any atom is 0.265 e. The molecule has 19 heavy (non-hydrogen) atoms. The molecule has 0 saturated carbocycles. The van der Waals surface area contributed by atoms with Crippen molar-refractivity contribution in [3.8, 4) is 0 Å². The summed E-state index contributed by atoms with van der Waals surface area (Å²) in [5.41, 5.74) is 0. The van der Waals surface area contributed by atoms with Crippen LogP contribution in [0.5, 0.6) is 0 Å². The van der Waals surface area contributed by atoms with Gasteiger partial charge < -0.3 is 5.32 Å². The van der Waals surface area contributed by atoms with E-state index in [1.54, 1.807) is 7.05 Å². The highest BCUT2D eigenvalue weighted by atomic mass is 35.5. The van der Waals surface area contributed by atoms with Gasteiger partial charge in [-0.3, -0.25) is 0 Å². The Labute approximate surface area is 114 Å². The van der Waals surface area contributed by atoms with Crippen molar-refractivity contribution in [2.24, 2.45) is 0 Å². The molecule has 0 aliphatic carbocycles. The van der Waals surface area contributed by atoms with Gasteiger partial charge >= 0.3 is 0 Å². The number of nitrogens with zero attached hydrogens (tertiary/aromatic N) is 4. The fourth-order valence-corrected chi connectivity index (χ4v) is 2.47. The summed E-state index contributed by atoms with van der Waals surface area (Å²) >= 11 is 5.88. The van der Waals surface area contributed by atoms with Gasteiger partial charge in [-0.05, 0) is 6.07 Å². The summed E-state index contributed by atoms with van der Waals surface area (Å²) in [6, 6.07) is 1.28. The molecular formula is C9H9ClN6O2S. The van der Waals surface area contributed by atoms with Gasteiger partial charge in [-0.25, -0.2) is 23.1 Å². The molecule has 0 amide bonds. The Morgan fingerprint density at radius 1 is 1.26 bits per heavy atom. The standard InChI is InChI=1S/C9H9ClN6O2S/c1-11-8-7(10)4-6(5-13-8)19(17,18)16-9-12-2-3-14-15-9/h2-5H,1H3,(H,11,13)(H,12,15,16). The van der Waals surface area contributed by atoms with Gasteiger partial charge in [0, 0.05) is 13.2 Å². The zero-order valence-electron chi connectivity index (χ0n) is 9.70. The maximum absolute atomic E-state index is 12.0. The van der Waals surface area contributed by atoms with Crippen LogP contribution in [-0.2, 0) is 10.0 Å². The second kappa shape index (κ2) is 5.33. The Balaban J connectivity index is 2.32. The molecule has 2 aromatic heterocycles. The molecule has 100 valence electrons. The Hall–Kier alpha value is -2.00. The van der Waals surface area contributed by atoms with E-state index < -0.39 is 10.0 Å². The lowest BCUT2D eigenvalue weighted by Gasteiger charge is -2.07. The average Bonchev–Trinajstić information content (AvgIpc) is 2.39. The van der Waals surface area contributed by atoms with Crippen molar-refractivity contribution in [1.82, 2.24) is 20.2 Å². The third-order valence-corrected chi connectivity index (χ3v) is 3.65. The first-order valence-corrected chi connectivity index (χ1v) is 6.89. The molecular weight excluding hydrogens is 292 g/mol. The lowest BCUT2D eigenvalue weighted by atomic mass is 10.4. The number of hydrogen-bond donors (Lipinski definition) is 2. The minimum Gasteiger partial charge on any atom is -0.372 e. The van der Waals surface area contributed by atoms with E-state index in [0.29, 0.717) is 5.82 Å². The van der Waals surface area contributed by atoms with Crippen LogP contribution in [-0.4, -0.2) is 35.6 Å². The summed E-state index contributed by atoms with van der Waals surface area (Å²) < 4.78 is 26.2. The quantitative estimate of drug-likeness (QED) is 0.857. The molecule has 0 aliphatic rings. The number of pyridine rings is 1. The van der Waals surface area contributed by atoms with Crippen LogP contribution in [0.25, 0.3) is 0 Å². The van der Waals surface area contributed by atoms with E-state index in [9.17, 15) is 8.42 Å². The Bertz CT molecular complexity index is 678. The van der Waals surface area contributed by atoms with Gasteiger partial charge in [0.15, 0.2) is 0 Å². The number of halogens is 1. The van der Waals surface area contributed by atoms with Gasteiger partial charge in [-0.1, -0.05) is 11.6 Å². The van der Waals surface area contributed by atoms with E-state index in [4.69, 9.17) is 11.6 Å². The molecule has 0 bridgehead atoms. The van der Waals surface area contributed by atoms with Crippen LogP contribution in [0.3, 0.4) is 0 Å². The molecule has 10 heteroatoms. The minimum absolute atomic E-state index is 0.0936. The third-order valence-electron chi connectivity index (χ3n) is 2.07. The van der Waals surface area contributed by atoms with E-state index in [2.05, 4.69) is 30.2 Å². The summed E-state index contributed by atoms with van der Waals surface area (Å²) in [6.07, 6.45) is 3.83. The van der Waals surface area contributed by atoms with Crippen molar-refractivity contribution in [2.75, 3.05) is 17.1 Å². The van der Waals surface area contributed by atoms with Crippen LogP contribution < -0.4 is 10.0 Å². The highest BCUT2D eigenvalue weighted by Crippen LogP contribution is 2.22. The molecule has 2 aromatic rings. The lowest BCUT2D eigenvalue weighted by molar-refractivity contribution is 0.600. The SMILES string of the molecule is CNc1ncc(S(=O)(=O)Nc2nccnn2)cc1Cl. The second-order valence-electron chi connectivity index (χ2n) is 3.32. The average molecular weight is 301 g/mol. The predicted molar refractivity (Wildman–Crippen MR) is 69.4 cm³/mol. The van der Waals surface area contributed by atoms with Crippen LogP contribution >= 0.6 is 11.6 Å². The molecule has 0 saturated heterocycles. The smallest absolute Gasteiger partial charge is 0.265 e. The molecule has 2 N–H and O–H groups in total. The molecule has 2 rings (SSSR count). The van der Waals surface area contributed by atoms with E-state index in [-0.39, 0.29) is 15.9 Å². The fourth-order valence-electron chi connectivity index (χ4n) is 1.22. The lowest BCUT2D eigenvalue weighted by Crippen LogP contribution is -2.15. The van der Waals surface area contributed by atoms with Crippen LogP contribution in [0, 0.1) is 0 Å². The van der Waals surface area contributed by atoms with E-state index in [1.807, 2.05) is 0 Å². The first kappa shape index (κ1) is 13.4. The van der Waals surface area contributed by atoms with Crippen LogP contribution in [0.2, 0.25) is 5.02 Å². The normalized spacial score (nSPS) is 11.1. The second-order valence-corrected chi connectivity index (χ2v) is 5.41. The van der Waals surface area contributed by atoms with Crippen LogP contribution in [0.15, 0.2) is 29.6 Å². The van der Waals surface area contributed by atoms with Crippen LogP contribution in [0.4, 0.5) is 11.8 Å². The summed E-state index contributed by atoms with van der Waals surface area (Å²) in [7, 11) is -2.22. The number of rotatable bonds is 4. The molecule has 2 heterocycles. The van der Waals surface area contributed by atoms with Crippen molar-refractivity contribution in [2.45, 2.75) is 4.90 Å². The fraction of sp³-hybridized carbons (Fsp3) is 0.111. The molecule has 0 aliphatic heterocycles. The number of aromatic nitrogens is 4. The maximum atomic E-state index is 12.0. The molecule has 0 radical (unpaired) electrons. The van der Waals surface area contributed by atoms with Gasteiger partial charge in [0.05, 0.1) is 17.4 Å². The topological polar surface area (TPSA) is 110 Å². The highest BCUT2D eigenvalue weighted by molar-refractivity contribution is 7.92. The van der Waals surface area contributed by atoms with E-state index in [0.717, 1.165) is 0 Å². The summed E-state index contributed by atoms with van der Waals surface area (Å²) in [6.45, 7) is 0. The van der Waals surface area contributed by atoms with Crippen molar-refractivity contribution < 1.29 is 8.42 Å². The van der Waals surface area contributed by atoms with Gasteiger partial charge in [0.25, 0.3) is 16.0 Å². The van der Waals surface area contributed by atoms with E-state index in [1.165, 1.54) is 24.7 Å². The monoisotopic (exact) mass is 300 g/mol. The van der Waals surface area contributed by atoms with Gasteiger partial charge in [-0.15, -0.1) is 5.10 Å². The molecule has 0 atom stereocenters. The minimum atomic E-state index is -3.85. The molecule has 0 aromatic carbocycles. The van der Waals surface area contributed by atoms with Gasteiger partial charge in [0.1, 0.15) is 10.7 Å². The van der Waals surface area contributed by atoms with Crippen molar-refractivity contribution in [1.29, 1.82) is 0 Å². The largest absolute Gasteiger partial charge is 0.372 e.